The van der Waals surface area contributed by atoms with Gasteiger partial charge in [0.1, 0.15) is 36.4 Å². The van der Waals surface area contributed by atoms with E-state index >= 15 is 0 Å². The molecule has 4 rings (SSSR count). The smallest absolute Gasteiger partial charge is 0.287 e. The lowest BCUT2D eigenvalue weighted by Gasteiger charge is -2.16. The number of amides is 2. The first-order valence-electron chi connectivity index (χ1n) is 8.55. The number of hydrogen-bond donors (Lipinski definition) is 2. The summed E-state index contributed by atoms with van der Waals surface area (Å²) in [6, 6.07) is 4.01. The van der Waals surface area contributed by atoms with E-state index in [0.29, 0.717) is 22.4 Å². The van der Waals surface area contributed by atoms with Gasteiger partial charge in [0.05, 0.1) is 17.8 Å². The molecule has 0 bridgehead atoms. The van der Waals surface area contributed by atoms with Crippen LogP contribution in [0.2, 0.25) is 0 Å². The number of ketones is 1. The molecular weight excluding hydrogens is 378 g/mol. The van der Waals surface area contributed by atoms with Crippen LogP contribution in [0.5, 0.6) is 0 Å². The van der Waals surface area contributed by atoms with Crippen LogP contribution < -0.4 is 11.1 Å². The number of furan rings is 2. The number of carbonyl (C=O) groups excluding carboxylic acids is 3. The number of aromatic nitrogens is 3. The average Bonchev–Trinajstić information content (AvgIpc) is 3.45. The second-order valence-electron chi connectivity index (χ2n) is 6.21. The van der Waals surface area contributed by atoms with Crippen LogP contribution in [-0.2, 0) is 16.0 Å². The number of pyridine rings is 1. The van der Waals surface area contributed by atoms with Gasteiger partial charge in [0.25, 0.3) is 11.8 Å². The second-order valence-corrected chi connectivity index (χ2v) is 6.21. The minimum Gasteiger partial charge on any atom is -0.468 e. The first-order valence-corrected chi connectivity index (χ1v) is 8.55. The van der Waals surface area contributed by atoms with E-state index in [-0.39, 0.29) is 12.1 Å². The molecule has 4 heterocycles. The zero-order valence-electron chi connectivity index (χ0n) is 14.9. The highest BCUT2D eigenvalue weighted by molar-refractivity contribution is 6.38. The van der Waals surface area contributed by atoms with Crippen molar-refractivity contribution in [2.45, 2.75) is 12.5 Å². The Morgan fingerprint density at radius 3 is 2.83 bits per heavy atom. The summed E-state index contributed by atoms with van der Waals surface area (Å²) in [6.07, 6.45) is 8.63. The fourth-order valence-corrected chi connectivity index (χ4v) is 2.94. The Labute approximate surface area is 163 Å². The number of hydrogen-bond acceptors (Lipinski definition) is 7. The van der Waals surface area contributed by atoms with Gasteiger partial charge >= 0.3 is 0 Å². The van der Waals surface area contributed by atoms with Crippen molar-refractivity contribution >= 4 is 28.6 Å². The molecule has 0 saturated heterocycles. The molecule has 1 atom stereocenters. The van der Waals surface area contributed by atoms with Gasteiger partial charge in [0.15, 0.2) is 5.58 Å². The topological polar surface area (TPSA) is 146 Å². The maximum Gasteiger partial charge on any atom is 0.287 e. The molecule has 3 N–H and O–H groups in total. The Morgan fingerprint density at radius 1 is 1.21 bits per heavy atom. The summed E-state index contributed by atoms with van der Waals surface area (Å²) < 4.78 is 11.9. The molecule has 0 spiro atoms. The first-order chi connectivity index (χ1) is 14.0. The predicted octanol–water partition coefficient (Wildman–Crippen LogP) is 1.00. The van der Waals surface area contributed by atoms with Crippen molar-refractivity contribution in [2.24, 2.45) is 5.73 Å². The maximum absolute atomic E-state index is 12.8. The summed E-state index contributed by atoms with van der Waals surface area (Å²) in [6.45, 7) is 0. The third kappa shape index (κ3) is 3.50. The van der Waals surface area contributed by atoms with E-state index in [4.69, 9.17) is 14.6 Å². The van der Waals surface area contributed by atoms with E-state index in [1.165, 1.54) is 35.9 Å². The van der Waals surface area contributed by atoms with E-state index in [1.54, 1.807) is 24.4 Å². The van der Waals surface area contributed by atoms with Crippen molar-refractivity contribution in [3.05, 3.63) is 67.0 Å². The van der Waals surface area contributed by atoms with E-state index in [0.717, 1.165) is 0 Å². The third-order valence-electron chi connectivity index (χ3n) is 4.36. The summed E-state index contributed by atoms with van der Waals surface area (Å²) >= 11 is 0. The molecule has 4 aromatic heterocycles. The Morgan fingerprint density at radius 2 is 2.07 bits per heavy atom. The zero-order chi connectivity index (χ0) is 20.4. The molecule has 0 aliphatic rings. The van der Waals surface area contributed by atoms with E-state index < -0.39 is 23.6 Å². The fourth-order valence-electron chi connectivity index (χ4n) is 2.94. The standard InChI is InChI=1S/C19H15N5O5/c20-18(26)17(25)13(5-11-7-29-15-9-28-8-12(11)15)23-19(27)14-6-21-10-24(14)16-3-1-2-4-22-16/h1-4,6-10,13H,5H2,(H2,20,26)(H,23,27). The van der Waals surface area contributed by atoms with Gasteiger partial charge in [-0.1, -0.05) is 6.07 Å². The lowest BCUT2D eigenvalue weighted by Crippen LogP contribution is -2.47. The molecule has 0 aromatic carbocycles. The molecule has 0 saturated carbocycles. The minimum absolute atomic E-state index is 0.00221. The summed E-state index contributed by atoms with van der Waals surface area (Å²) in [5.74, 6) is -2.22. The summed E-state index contributed by atoms with van der Waals surface area (Å²) in [4.78, 5) is 44.8. The monoisotopic (exact) mass is 393 g/mol. The fraction of sp³-hybridized carbons (Fsp3) is 0.105. The number of nitrogens with two attached hydrogens (primary N) is 1. The van der Waals surface area contributed by atoms with Crippen LogP contribution >= 0.6 is 0 Å². The SMILES string of the molecule is NC(=O)C(=O)C(Cc1coc2cocc12)NC(=O)c1cncn1-c1ccccn1. The van der Waals surface area contributed by atoms with Crippen molar-refractivity contribution in [2.75, 3.05) is 0 Å². The Hall–Kier alpha value is -4.21. The molecule has 1 unspecified atom stereocenters. The number of primary amides is 1. The van der Waals surface area contributed by atoms with Crippen molar-refractivity contribution in [1.82, 2.24) is 19.9 Å². The molecular formula is C19H15N5O5. The minimum atomic E-state index is -1.19. The summed E-state index contributed by atoms with van der Waals surface area (Å²) in [7, 11) is 0. The van der Waals surface area contributed by atoms with Gasteiger partial charge in [0, 0.05) is 18.2 Å². The quantitative estimate of drug-likeness (QED) is 0.445. The Kier molecular flexibility index (Phi) is 4.65. The summed E-state index contributed by atoms with van der Waals surface area (Å²) in [5.41, 5.74) is 6.39. The highest BCUT2D eigenvalue weighted by Gasteiger charge is 2.28. The van der Waals surface area contributed by atoms with Crippen LogP contribution in [0.25, 0.3) is 16.8 Å². The van der Waals surface area contributed by atoms with Crippen LogP contribution in [-0.4, -0.2) is 38.2 Å². The third-order valence-corrected chi connectivity index (χ3v) is 4.36. The van der Waals surface area contributed by atoms with E-state index in [1.807, 2.05) is 0 Å². The predicted molar refractivity (Wildman–Crippen MR) is 99.0 cm³/mol. The van der Waals surface area contributed by atoms with Crippen molar-refractivity contribution in [1.29, 1.82) is 0 Å². The molecule has 29 heavy (non-hydrogen) atoms. The Bertz CT molecular complexity index is 1190. The molecule has 2 amide bonds. The van der Waals surface area contributed by atoms with Crippen LogP contribution in [0.15, 0.2) is 64.5 Å². The highest BCUT2D eigenvalue weighted by Crippen LogP contribution is 2.23. The number of Topliss-reactive ketones (excluding diaryl/α,β-unsaturated/α-hetero) is 1. The normalized spacial score (nSPS) is 12.0. The van der Waals surface area contributed by atoms with Crippen molar-refractivity contribution in [3.63, 3.8) is 0 Å². The Balaban J connectivity index is 1.61. The van der Waals surface area contributed by atoms with Gasteiger partial charge in [-0.05, 0) is 12.1 Å². The number of nitrogens with one attached hydrogen (secondary N) is 1. The molecule has 0 radical (unpaired) electrons. The number of imidazole rings is 1. The van der Waals surface area contributed by atoms with Crippen molar-refractivity contribution in [3.8, 4) is 5.82 Å². The van der Waals surface area contributed by atoms with Crippen molar-refractivity contribution < 1.29 is 23.2 Å². The van der Waals surface area contributed by atoms with Crippen LogP contribution in [0.1, 0.15) is 16.1 Å². The largest absolute Gasteiger partial charge is 0.468 e. The second kappa shape index (κ2) is 7.43. The van der Waals surface area contributed by atoms with E-state index in [9.17, 15) is 14.4 Å². The van der Waals surface area contributed by atoms with Crippen LogP contribution in [0.4, 0.5) is 0 Å². The maximum atomic E-state index is 12.8. The van der Waals surface area contributed by atoms with Gasteiger partial charge in [0.2, 0.25) is 5.78 Å². The van der Waals surface area contributed by atoms with Gasteiger partial charge < -0.3 is 19.9 Å². The number of nitrogens with zero attached hydrogens (tertiary/aromatic N) is 3. The van der Waals surface area contributed by atoms with Crippen LogP contribution in [0.3, 0.4) is 0 Å². The molecule has 0 aliphatic heterocycles. The number of rotatable bonds is 7. The van der Waals surface area contributed by atoms with Gasteiger partial charge in [-0.15, -0.1) is 0 Å². The molecule has 10 nitrogen and oxygen atoms in total. The van der Waals surface area contributed by atoms with Gasteiger partial charge in [-0.25, -0.2) is 9.97 Å². The average molecular weight is 393 g/mol. The number of carbonyl (C=O) groups is 3. The van der Waals surface area contributed by atoms with E-state index in [2.05, 4.69) is 15.3 Å². The zero-order valence-corrected chi connectivity index (χ0v) is 14.9. The molecule has 0 fully saturated rings. The lowest BCUT2D eigenvalue weighted by atomic mass is 10.0. The van der Waals surface area contributed by atoms with Crippen LogP contribution in [0, 0.1) is 0 Å². The molecule has 146 valence electrons. The van der Waals surface area contributed by atoms with Gasteiger partial charge in [-0.2, -0.15) is 0 Å². The molecule has 4 aromatic rings. The summed E-state index contributed by atoms with van der Waals surface area (Å²) in [5, 5.41) is 3.19. The lowest BCUT2D eigenvalue weighted by molar-refractivity contribution is -0.137. The number of fused-ring (bicyclic) bond motifs is 1. The van der Waals surface area contributed by atoms with Gasteiger partial charge in [-0.3, -0.25) is 19.0 Å². The molecule has 10 heteroatoms. The molecule has 0 aliphatic carbocycles. The highest BCUT2D eigenvalue weighted by atomic mass is 16.4. The first kappa shape index (κ1) is 18.2.